The molecule has 1 aromatic heterocycles. The Bertz CT molecular complexity index is 612. The minimum absolute atomic E-state index is 0.177. The molecule has 108 valence electrons. The maximum absolute atomic E-state index is 5.36. The maximum atomic E-state index is 5.36. The highest BCUT2D eigenvalue weighted by Crippen LogP contribution is 2.43. The fourth-order valence-corrected chi connectivity index (χ4v) is 3.70. The van der Waals surface area contributed by atoms with Gasteiger partial charge in [0, 0.05) is 21.1 Å². The monoisotopic (exact) mass is 310 g/mol. The molecule has 0 saturated carbocycles. The van der Waals surface area contributed by atoms with Crippen molar-refractivity contribution in [1.29, 1.82) is 0 Å². The first-order valence-corrected chi connectivity index (χ1v) is 8.32. The third-order valence-electron chi connectivity index (χ3n) is 2.49. The topological polar surface area (TPSA) is 44.2 Å². The van der Waals surface area contributed by atoms with Gasteiger partial charge in [-0.2, -0.15) is 10.2 Å². The van der Waals surface area contributed by atoms with E-state index in [2.05, 4.69) is 31.0 Å². The molecule has 1 aromatic carbocycles. The lowest BCUT2D eigenvalue weighted by Gasteiger charge is -2.17. The molecule has 4 nitrogen and oxygen atoms in total. The van der Waals surface area contributed by atoms with Gasteiger partial charge in [-0.1, -0.05) is 42.4 Å². The second-order valence-electron chi connectivity index (χ2n) is 5.21. The molecule has 0 aliphatic carbocycles. The molecule has 1 heterocycles. The molecule has 0 spiro atoms. The van der Waals surface area contributed by atoms with Gasteiger partial charge in [-0.05, 0) is 6.07 Å². The maximum Gasteiger partial charge on any atom is 0.162 e. The lowest BCUT2D eigenvalue weighted by Crippen LogP contribution is -2.04. The van der Waals surface area contributed by atoms with Crippen molar-refractivity contribution in [1.82, 2.24) is 10.2 Å². The van der Waals surface area contributed by atoms with E-state index in [1.807, 2.05) is 12.1 Å². The van der Waals surface area contributed by atoms with Crippen molar-refractivity contribution in [2.75, 3.05) is 14.2 Å². The van der Waals surface area contributed by atoms with E-state index in [0.717, 1.165) is 15.8 Å². The van der Waals surface area contributed by atoms with Gasteiger partial charge in [0.05, 0.1) is 25.9 Å². The van der Waals surface area contributed by atoms with Gasteiger partial charge >= 0.3 is 0 Å². The van der Waals surface area contributed by atoms with Gasteiger partial charge < -0.3 is 9.47 Å². The fraction of sp³-hybridized carbons (Fsp3) is 0.429. The number of hydrogen-bond acceptors (Lipinski definition) is 6. The number of fused-ring (bicyclic) bond motifs is 1. The number of benzene rings is 1. The zero-order valence-electron chi connectivity index (χ0n) is 12.3. The summed E-state index contributed by atoms with van der Waals surface area (Å²) in [7, 11) is 6.76. The SMILES string of the molecule is COc1cc2nncc(SSC(C)(C)C)c2cc1OC. The summed E-state index contributed by atoms with van der Waals surface area (Å²) in [4.78, 5) is 1.08. The van der Waals surface area contributed by atoms with Gasteiger partial charge in [-0.25, -0.2) is 0 Å². The van der Waals surface area contributed by atoms with Crippen LogP contribution >= 0.6 is 21.6 Å². The average molecular weight is 310 g/mol. The Morgan fingerprint density at radius 2 is 1.70 bits per heavy atom. The first-order chi connectivity index (χ1) is 9.44. The van der Waals surface area contributed by atoms with Crippen LogP contribution in [0.1, 0.15) is 20.8 Å². The van der Waals surface area contributed by atoms with Crippen LogP contribution in [0.4, 0.5) is 0 Å². The Balaban J connectivity index is 2.45. The van der Waals surface area contributed by atoms with E-state index in [1.54, 1.807) is 42.0 Å². The zero-order chi connectivity index (χ0) is 14.8. The van der Waals surface area contributed by atoms with Crippen molar-refractivity contribution in [2.24, 2.45) is 0 Å². The fourth-order valence-electron chi connectivity index (χ4n) is 1.60. The largest absolute Gasteiger partial charge is 0.493 e. The lowest BCUT2D eigenvalue weighted by atomic mass is 10.2. The van der Waals surface area contributed by atoms with Crippen LogP contribution in [-0.2, 0) is 0 Å². The van der Waals surface area contributed by atoms with Gasteiger partial charge in [0.15, 0.2) is 11.5 Å². The lowest BCUT2D eigenvalue weighted by molar-refractivity contribution is 0.355. The number of methoxy groups -OCH3 is 2. The van der Waals surface area contributed by atoms with E-state index in [4.69, 9.17) is 9.47 Å². The van der Waals surface area contributed by atoms with E-state index in [-0.39, 0.29) is 4.75 Å². The number of rotatable bonds is 4. The Morgan fingerprint density at radius 3 is 2.30 bits per heavy atom. The zero-order valence-corrected chi connectivity index (χ0v) is 13.9. The summed E-state index contributed by atoms with van der Waals surface area (Å²) in [6.07, 6.45) is 1.79. The Morgan fingerprint density at radius 1 is 1.05 bits per heavy atom. The first-order valence-electron chi connectivity index (χ1n) is 6.17. The molecule has 0 N–H and O–H groups in total. The van der Waals surface area contributed by atoms with Crippen LogP contribution in [-0.4, -0.2) is 29.2 Å². The Hall–Kier alpha value is -1.14. The van der Waals surface area contributed by atoms with E-state index in [1.165, 1.54) is 0 Å². The van der Waals surface area contributed by atoms with Gasteiger partial charge in [0.1, 0.15) is 0 Å². The highest BCUT2D eigenvalue weighted by molar-refractivity contribution is 8.77. The van der Waals surface area contributed by atoms with Gasteiger partial charge in [-0.3, -0.25) is 0 Å². The van der Waals surface area contributed by atoms with Crippen LogP contribution in [0.15, 0.2) is 23.2 Å². The molecule has 0 fully saturated rings. The molecule has 2 aromatic rings. The molecule has 0 radical (unpaired) electrons. The van der Waals surface area contributed by atoms with Crippen molar-refractivity contribution in [3.63, 3.8) is 0 Å². The molecule has 6 heteroatoms. The molecule has 0 bridgehead atoms. The van der Waals surface area contributed by atoms with E-state index >= 15 is 0 Å². The van der Waals surface area contributed by atoms with Crippen LogP contribution in [0.5, 0.6) is 11.5 Å². The van der Waals surface area contributed by atoms with Crippen LogP contribution < -0.4 is 9.47 Å². The molecule has 0 atom stereocenters. The molecule has 0 aliphatic rings. The summed E-state index contributed by atoms with van der Waals surface area (Å²) in [5.41, 5.74) is 0.808. The number of nitrogens with zero attached hydrogens (tertiary/aromatic N) is 2. The highest BCUT2D eigenvalue weighted by Gasteiger charge is 2.15. The minimum Gasteiger partial charge on any atom is -0.493 e. The standard InChI is InChI=1S/C14H18N2O2S2/c1-14(2,3)20-19-13-8-15-16-10-7-12(18-5)11(17-4)6-9(10)13/h6-8H,1-5H3. The van der Waals surface area contributed by atoms with Gasteiger partial charge in [0.2, 0.25) is 0 Å². The molecule has 0 aliphatic heterocycles. The normalized spacial score (nSPS) is 11.7. The van der Waals surface area contributed by atoms with Crippen molar-refractivity contribution in [2.45, 2.75) is 30.4 Å². The molecule has 0 amide bonds. The summed E-state index contributed by atoms with van der Waals surface area (Å²) in [5.74, 6) is 1.37. The summed E-state index contributed by atoms with van der Waals surface area (Å²) < 4.78 is 10.8. The number of ether oxygens (including phenoxy) is 2. The van der Waals surface area contributed by atoms with Crippen LogP contribution in [0.3, 0.4) is 0 Å². The molecular formula is C14H18N2O2S2. The molecule has 0 unspecified atom stereocenters. The second-order valence-corrected chi connectivity index (χ2v) is 8.21. The smallest absolute Gasteiger partial charge is 0.162 e. The van der Waals surface area contributed by atoms with Crippen LogP contribution in [0.2, 0.25) is 0 Å². The minimum atomic E-state index is 0.177. The third-order valence-corrected chi connectivity index (χ3v) is 5.87. The Kier molecular flexibility index (Phi) is 4.65. The van der Waals surface area contributed by atoms with Crippen LogP contribution in [0.25, 0.3) is 10.9 Å². The second kappa shape index (κ2) is 6.10. The number of aromatic nitrogens is 2. The van der Waals surface area contributed by atoms with Gasteiger partial charge in [0.25, 0.3) is 0 Å². The van der Waals surface area contributed by atoms with Crippen molar-refractivity contribution in [3.05, 3.63) is 18.3 Å². The predicted molar refractivity (Wildman–Crippen MR) is 85.8 cm³/mol. The van der Waals surface area contributed by atoms with E-state index in [9.17, 15) is 0 Å². The predicted octanol–water partition coefficient (Wildman–Crippen LogP) is 4.19. The quantitative estimate of drug-likeness (QED) is 0.789. The Labute approximate surface area is 127 Å². The van der Waals surface area contributed by atoms with Gasteiger partial charge in [-0.15, -0.1) is 0 Å². The summed E-state index contributed by atoms with van der Waals surface area (Å²) in [5, 5.41) is 9.25. The third kappa shape index (κ3) is 3.49. The summed E-state index contributed by atoms with van der Waals surface area (Å²) in [6, 6.07) is 3.81. The molecule has 20 heavy (non-hydrogen) atoms. The van der Waals surface area contributed by atoms with Crippen molar-refractivity contribution < 1.29 is 9.47 Å². The molecule has 2 rings (SSSR count). The highest BCUT2D eigenvalue weighted by atomic mass is 33.1. The van der Waals surface area contributed by atoms with E-state index in [0.29, 0.717) is 11.5 Å². The first kappa shape index (κ1) is 15.3. The summed E-state index contributed by atoms with van der Waals surface area (Å²) >= 11 is 0. The van der Waals surface area contributed by atoms with Crippen molar-refractivity contribution in [3.8, 4) is 11.5 Å². The van der Waals surface area contributed by atoms with Crippen molar-refractivity contribution >= 4 is 32.5 Å². The molecule has 0 saturated heterocycles. The summed E-state index contributed by atoms with van der Waals surface area (Å²) in [6.45, 7) is 6.56. The average Bonchev–Trinajstić information content (AvgIpc) is 2.42. The van der Waals surface area contributed by atoms with E-state index < -0.39 is 0 Å². The number of hydrogen-bond donors (Lipinski definition) is 0. The molecular weight excluding hydrogens is 292 g/mol. The van der Waals surface area contributed by atoms with Crippen LogP contribution in [0, 0.1) is 0 Å².